The Morgan fingerprint density at radius 1 is 1.04 bits per heavy atom. The van der Waals surface area contributed by atoms with Crippen molar-refractivity contribution in [3.63, 3.8) is 0 Å². The number of hydrogen-bond acceptors (Lipinski definition) is 6. The number of pyridine rings is 1. The van der Waals surface area contributed by atoms with Crippen LogP contribution in [-0.4, -0.2) is 52.3 Å². The van der Waals surface area contributed by atoms with E-state index in [2.05, 4.69) is 5.32 Å². The lowest BCUT2D eigenvalue weighted by Gasteiger charge is -2.34. The van der Waals surface area contributed by atoms with Crippen molar-refractivity contribution in [3.05, 3.63) is 116 Å². The summed E-state index contributed by atoms with van der Waals surface area (Å²) in [5.74, 6) is -4.69. The summed E-state index contributed by atoms with van der Waals surface area (Å²) >= 11 is 0. The standard InChI is InChI=1S/C37H30F6N4O5/c1-18-7-20(14-44)9-30-33(18)22-8-19(2)34(40)26(10-22)29(13-32(49)50)45-36(51)35(25-11-24(52-30)3-4-28(25)39)47-15-21(5-6-46-16-23(38)17-46)27(12-31(47)48)37(41,42)43/h3-4,7-12,15,23,29,35H,5-6,13,16-17H2,1-2H3,(H,45,51)(H,49,50)/t29-,35+/m0/s1. The van der Waals surface area contributed by atoms with Gasteiger partial charge >= 0.3 is 12.1 Å². The van der Waals surface area contributed by atoms with E-state index in [0.29, 0.717) is 21.3 Å². The Balaban J connectivity index is 1.60. The smallest absolute Gasteiger partial charge is 0.416 e. The van der Waals surface area contributed by atoms with Crippen molar-refractivity contribution in [1.82, 2.24) is 14.8 Å². The third-order valence-corrected chi connectivity index (χ3v) is 9.17. The van der Waals surface area contributed by atoms with Gasteiger partial charge in [0.05, 0.1) is 29.7 Å². The molecule has 6 rings (SSSR count). The first-order valence-electron chi connectivity index (χ1n) is 16.1. The first-order chi connectivity index (χ1) is 24.5. The zero-order chi connectivity index (χ0) is 37.6. The van der Waals surface area contributed by atoms with E-state index < -0.39 is 76.6 Å². The number of halogens is 6. The topological polar surface area (TPSA) is 125 Å². The summed E-state index contributed by atoms with van der Waals surface area (Å²) in [7, 11) is 0. The van der Waals surface area contributed by atoms with Crippen LogP contribution < -0.4 is 15.6 Å². The molecule has 2 atom stereocenters. The number of rotatable bonds is 6. The molecule has 2 aliphatic rings. The number of ether oxygens (including phenoxy) is 1. The van der Waals surface area contributed by atoms with Crippen molar-refractivity contribution in [1.29, 1.82) is 5.26 Å². The molecule has 52 heavy (non-hydrogen) atoms. The minimum absolute atomic E-state index is 0.00470. The van der Waals surface area contributed by atoms with Crippen LogP contribution in [0.4, 0.5) is 26.3 Å². The molecule has 1 fully saturated rings. The van der Waals surface area contributed by atoms with Gasteiger partial charge in [0.2, 0.25) is 5.91 Å². The molecule has 0 radical (unpaired) electrons. The predicted molar refractivity (Wildman–Crippen MR) is 175 cm³/mol. The number of fused-ring (bicyclic) bond motifs is 6. The Kier molecular flexibility index (Phi) is 9.63. The van der Waals surface area contributed by atoms with E-state index in [-0.39, 0.29) is 60.3 Å². The molecule has 9 nitrogen and oxygen atoms in total. The maximum Gasteiger partial charge on any atom is 0.416 e. The molecule has 0 aliphatic carbocycles. The number of likely N-dealkylation sites (tertiary alicyclic amines) is 1. The van der Waals surface area contributed by atoms with Crippen molar-refractivity contribution >= 4 is 11.9 Å². The number of carboxylic acids is 1. The average molecular weight is 725 g/mol. The van der Waals surface area contributed by atoms with Crippen LogP contribution in [0.1, 0.15) is 57.4 Å². The average Bonchev–Trinajstić information content (AvgIpc) is 3.05. The maximum atomic E-state index is 15.9. The summed E-state index contributed by atoms with van der Waals surface area (Å²) in [6.07, 6.45) is -6.55. The van der Waals surface area contributed by atoms with E-state index in [0.717, 1.165) is 18.3 Å². The molecule has 1 amide bonds. The molecular weight excluding hydrogens is 694 g/mol. The number of aromatic nitrogens is 1. The third-order valence-electron chi connectivity index (χ3n) is 9.17. The summed E-state index contributed by atoms with van der Waals surface area (Å²) in [6, 6.07) is 7.50. The summed E-state index contributed by atoms with van der Waals surface area (Å²) < 4.78 is 94.6. The molecule has 1 saturated heterocycles. The number of nitriles is 1. The summed E-state index contributed by atoms with van der Waals surface area (Å²) in [5.41, 5.74) is -2.49. The zero-order valence-corrected chi connectivity index (χ0v) is 27.7. The van der Waals surface area contributed by atoms with E-state index in [1.54, 1.807) is 17.9 Å². The number of hydrogen-bond donors (Lipinski definition) is 2. The fourth-order valence-corrected chi connectivity index (χ4v) is 6.69. The van der Waals surface area contributed by atoms with Crippen molar-refractivity contribution in [3.8, 4) is 28.7 Å². The molecule has 2 aliphatic heterocycles. The van der Waals surface area contributed by atoms with Crippen molar-refractivity contribution < 1.29 is 45.8 Å². The fourth-order valence-electron chi connectivity index (χ4n) is 6.69. The Morgan fingerprint density at radius 3 is 2.42 bits per heavy atom. The number of benzene rings is 3. The van der Waals surface area contributed by atoms with E-state index in [1.165, 1.54) is 31.2 Å². The van der Waals surface area contributed by atoms with Gasteiger partial charge in [0, 0.05) is 48.6 Å². The number of nitrogens with one attached hydrogen (secondary N) is 1. The normalized spacial score (nSPS) is 17.7. The minimum atomic E-state index is -5.00. The molecular formula is C37H30F6N4O5. The lowest BCUT2D eigenvalue weighted by atomic mass is 9.91. The second-order valence-electron chi connectivity index (χ2n) is 12.9. The highest BCUT2D eigenvalue weighted by molar-refractivity contribution is 5.85. The lowest BCUT2D eigenvalue weighted by Crippen LogP contribution is -2.49. The first-order valence-corrected chi connectivity index (χ1v) is 16.1. The molecule has 3 heterocycles. The summed E-state index contributed by atoms with van der Waals surface area (Å²) in [6.45, 7) is 3.07. The predicted octanol–water partition coefficient (Wildman–Crippen LogP) is 6.52. The zero-order valence-electron chi connectivity index (χ0n) is 27.7. The van der Waals surface area contributed by atoms with Crippen molar-refractivity contribution in [2.75, 3.05) is 19.6 Å². The Morgan fingerprint density at radius 2 is 1.77 bits per heavy atom. The SMILES string of the molecule is Cc1cc2cc(c1F)[C@H](CC(=O)O)NC(=O)[C@H](n1cc(CCN3CC(F)C3)c(C(F)(F)F)cc1=O)c1cc(ccc1F)Oc1cc(C#N)cc(C)c1-2. The molecule has 4 bridgehead atoms. The summed E-state index contributed by atoms with van der Waals surface area (Å²) in [5, 5.41) is 22.0. The molecule has 2 N–H and O–H groups in total. The molecule has 1 aromatic heterocycles. The first kappa shape index (κ1) is 36.2. The number of carbonyl (C=O) groups excluding carboxylic acids is 1. The second-order valence-corrected chi connectivity index (χ2v) is 12.9. The molecule has 0 unspecified atom stereocenters. The van der Waals surface area contributed by atoms with Gasteiger partial charge in [-0.2, -0.15) is 18.4 Å². The highest BCUT2D eigenvalue weighted by Gasteiger charge is 2.38. The van der Waals surface area contributed by atoms with Crippen molar-refractivity contribution in [2.45, 2.75) is 51.1 Å². The van der Waals surface area contributed by atoms with Gasteiger partial charge in [-0.05, 0) is 85.0 Å². The number of nitrogens with zero attached hydrogens (tertiary/aromatic N) is 3. The van der Waals surface area contributed by atoms with Gasteiger partial charge < -0.3 is 15.2 Å². The van der Waals surface area contributed by atoms with E-state index >= 15 is 8.78 Å². The molecule has 0 saturated carbocycles. The molecule has 0 spiro atoms. The van der Waals surface area contributed by atoms with Gasteiger partial charge in [0.25, 0.3) is 5.56 Å². The lowest BCUT2D eigenvalue weighted by molar-refractivity contribution is -0.139. The second kappa shape index (κ2) is 13.8. The minimum Gasteiger partial charge on any atom is -0.481 e. The van der Waals surface area contributed by atoms with E-state index in [4.69, 9.17) is 4.74 Å². The van der Waals surface area contributed by atoms with Crippen LogP contribution in [0.2, 0.25) is 0 Å². The highest BCUT2D eigenvalue weighted by atomic mass is 19.4. The van der Waals surface area contributed by atoms with Crippen LogP contribution in [-0.2, 0) is 22.2 Å². The van der Waals surface area contributed by atoms with Gasteiger partial charge in [-0.3, -0.25) is 23.9 Å². The van der Waals surface area contributed by atoms with Crippen LogP contribution in [0.15, 0.2) is 59.5 Å². The van der Waals surface area contributed by atoms with Gasteiger partial charge in [0.15, 0.2) is 0 Å². The van der Waals surface area contributed by atoms with Crippen LogP contribution in [0, 0.1) is 36.8 Å². The van der Waals surface area contributed by atoms with Gasteiger partial charge in [0.1, 0.15) is 35.3 Å². The largest absolute Gasteiger partial charge is 0.481 e. The van der Waals surface area contributed by atoms with E-state index in [9.17, 15) is 42.3 Å². The van der Waals surface area contributed by atoms with E-state index in [1.807, 2.05) is 6.07 Å². The quantitative estimate of drug-likeness (QED) is 0.217. The van der Waals surface area contributed by atoms with Crippen LogP contribution in [0.5, 0.6) is 11.5 Å². The Bertz CT molecular complexity index is 2210. The number of aryl methyl sites for hydroxylation is 2. The van der Waals surface area contributed by atoms with Crippen molar-refractivity contribution in [2.24, 2.45) is 0 Å². The van der Waals surface area contributed by atoms with Crippen LogP contribution >= 0.6 is 0 Å². The molecule has 270 valence electrons. The Labute approximate surface area is 292 Å². The highest BCUT2D eigenvalue weighted by Crippen LogP contribution is 2.41. The number of carboxylic acid groups (broad SMARTS) is 1. The van der Waals surface area contributed by atoms with Crippen LogP contribution in [0.25, 0.3) is 11.1 Å². The molecule has 4 aromatic rings. The summed E-state index contributed by atoms with van der Waals surface area (Å²) in [4.78, 5) is 41.5. The maximum absolute atomic E-state index is 15.9. The van der Waals surface area contributed by atoms with Gasteiger partial charge in [-0.15, -0.1) is 0 Å². The third kappa shape index (κ3) is 7.11. The monoisotopic (exact) mass is 724 g/mol. The van der Waals surface area contributed by atoms with Gasteiger partial charge in [-0.25, -0.2) is 13.2 Å². The number of carbonyl (C=O) groups is 2. The Hall–Kier alpha value is -5.62. The van der Waals surface area contributed by atoms with Gasteiger partial charge in [-0.1, -0.05) is 0 Å². The van der Waals surface area contributed by atoms with Crippen LogP contribution in [0.3, 0.4) is 0 Å². The number of alkyl halides is 4. The number of amides is 1. The number of aliphatic carboxylic acids is 1. The molecule has 15 heteroatoms. The fraction of sp³-hybridized carbons (Fsp3) is 0.297. The molecule has 3 aromatic carbocycles.